The van der Waals surface area contributed by atoms with E-state index in [1.807, 2.05) is 13.8 Å². The third-order valence-corrected chi connectivity index (χ3v) is 5.06. The van der Waals surface area contributed by atoms with E-state index in [1.54, 1.807) is 0 Å². The Labute approximate surface area is 178 Å². The summed E-state index contributed by atoms with van der Waals surface area (Å²) < 4.78 is 0. The lowest BCUT2D eigenvalue weighted by Gasteiger charge is -2.16. The number of rotatable bonds is 20. The van der Waals surface area contributed by atoms with Crippen LogP contribution in [0.2, 0.25) is 0 Å². The standard InChI is InChI=1S/C24H45NO4/c1-21(2)20-22(24(28)29)25-23(27)18-16-14-12-10-8-6-4-3-5-7-9-11-13-15-17-19-26/h3-4,21-22,26H,5-20H2,1-2H3,(H,25,27)(H,28,29)/b4-3-/t22-/m0/s1. The van der Waals surface area contributed by atoms with E-state index in [9.17, 15) is 9.59 Å². The molecule has 0 aliphatic heterocycles. The lowest BCUT2D eigenvalue weighted by molar-refractivity contribution is -0.142. The van der Waals surface area contributed by atoms with E-state index in [1.165, 1.54) is 44.9 Å². The number of carbonyl (C=O) groups is 2. The first-order valence-corrected chi connectivity index (χ1v) is 11.8. The maximum Gasteiger partial charge on any atom is 0.326 e. The molecule has 0 rings (SSSR count). The lowest BCUT2D eigenvalue weighted by Crippen LogP contribution is -2.41. The minimum Gasteiger partial charge on any atom is -0.480 e. The second-order valence-electron chi connectivity index (χ2n) is 8.50. The van der Waals surface area contributed by atoms with Crippen molar-refractivity contribution in [3.8, 4) is 0 Å². The average Bonchev–Trinajstić information content (AvgIpc) is 2.66. The number of hydrogen-bond acceptors (Lipinski definition) is 3. The van der Waals surface area contributed by atoms with Crippen molar-refractivity contribution in [1.29, 1.82) is 0 Å². The Hall–Kier alpha value is -1.36. The molecule has 0 saturated heterocycles. The van der Waals surface area contributed by atoms with Gasteiger partial charge in [0.2, 0.25) is 5.91 Å². The van der Waals surface area contributed by atoms with Crippen molar-refractivity contribution in [2.45, 2.75) is 116 Å². The van der Waals surface area contributed by atoms with E-state index >= 15 is 0 Å². The van der Waals surface area contributed by atoms with Gasteiger partial charge in [0.25, 0.3) is 0 Å². The van der Waals surface area contributed by atoms with Crippen molar-refractivity contribution in [3.05, 3.63) is 12.2 Å². The predicted octanol–water partition coefficient (Wildman–Crippen LogP) is 5.61. The van der Waals surface area contributed by atoms with Crippen molar-refractivity contribution in [2.24, 2.45) is 5.92 Å². The summed E-state index contributed by atoms with van der Waals surface area (Å²) in [7, 11) is 0. The highest BCUT2D eigenvalue weighted by atomic mass is 16.4. The highest BCUT2D eigenvalue weighted by Gasteiger charge is 2.20. The van der Waals surface area contributed by atoms with Gasteiger partial charge in [0, 0.05) is 13.0 Å². The highest BCUT2D eigenvalue weighted by Crippen LogP contribution is 2.10. The molecule has 0 aromatic rings. The number of aliphatic carboxylic acids is 1. The molecule has 5 nitrogen and oxygen atoms in total. The molecule has 3 N–H and O–H groups in total. The fourth-order valence-electron chi connectivity index (χ4n) is 3.35. The Bertz CT molecular complexity index is 435. The lowest BCUT2D eigenvalue weighted by atomic mass is 10.0. The molecule has 0 saturated carbocycles. The molecule has 0 heterocycles. The van der Waals surface area contributed by atoms with Gasteiger partial charge in [-0.2, -0.15) is 0 Å². The molecule has 170 valence electrons. The normalized spacial score (nSPS) is 12.6. The topological polar surface area (TPSA) is 86.6 Å². The number of carboxylic acid groups (broad SMARTS) is 1. The second kappa shape index (κ2) is 19.9. The monoisotopic (exact) mass is 411 g/mol. The summed E-state index contributed by atoms with van der Waals surface area (Å²) in [5.41, 5.74) is 0. The van der Waals surface area contributed by atoms with Crippen molar-refractivity contribution in [1.82, 2.24) is 5.32 Å². The molecule has 29 heavy (non-hydrogen) atoms. The smallest absolute Gasteiger partial charge is 0.326 e. The van der Waals surface area contributed by atoms with Crippen LogP contribution in [0, 0.1) is 5.92 Å². The van der Waals surface area contributed by atoms with E-state index in [0.717, 1.165) is 38.5 Å². The summed E-state index contributed by atoms with van der Waals surface area (Å²) in [6.07, 6.45) is 20.3. The van der Waals surface area contributed by atoms with Crippen LogP contribution in [0.4, 0.5) is 0 Å². The Balaban J connectivity index is 3.47. The molecule has 0 aromatic heterocycles. The molecule has 0 fully saturated rings. The van der Waals surface area contributed by atoms with E-state index in [2.05, 4.69) is 17.5 Å². The number of aliphatic hydroxyl groups excluding tert-OH is 1. The van der Waals surface area contributed by atoms with Crippen molar-refractivity contribution < 1.29 is 19.8 Å². The first-order valence-electron chi connectivity index (χ1n) is 11.8. The minimum atomic E-state index is -0.946. The third-order valence-electron chi connectivity index (χ3n) is 5.06. The van der Waals surface area contributed by atoms with Gasteiger partial charge in [-0.1, -0.05) is 70.9 Å². The fourth-order valence-corrected chi connectivity index (χ4v) is 3.35. The summed E-state index contributed by atoms with van der Waals surface area (Å²) >= 11 is 0. The molecule has 0 radical (unpaired) electrons. The third kappa shape index (κ3) is 19.7. The number of hydrogen-bond donors (Lipinski definition) is 3. The number of nitrogens with one attached hydrogen (secondary N) is 1. The van der Waals surface area contributed by atoms with Gasteiger partial charge in [-0.05, 0) is 50.9 Å². The zero-order valence-electron chi connectivity index (χ0n) is 18.8. The van der Waals surface area contributed by atoms with Gasteiger partial charge in [-0.15, -0.1) is 0 Å². The van der Waals surface area contributed by atoms with E-state index in [-0.39, 0.29) is 11.8 Å². The number of carboxylic acids is 1. The Morgan fingerprint density at radius 1 is 0.793 bits per heavy atom. The SMILES string of the molecule is CC(C)C[C@H](NC(=O)CCCCCCC/C=C\CCCCCCCCO)C(=O)O. The van der Waals surface area contributed by atoms with E-state index in [0.29, 0.717) is 19.4 Å². The number of allylic oxidation sites excluding steroid dienone is 2. The summed E-state index contributed by atoms with van der Waals surface area (Å²) in [4.78, 5) is 23.1. The van der Waals surface area contributed by atoms with Crippen LogP contribution in [0.25, 0.3) is 0 Å². The zero-order chi connectivity index (χ0) is 21.7. The largest absolute Gasteiger partial charge is 0.480 e. The first kappa shape index (κ1) is 27.6. The molecule has 0 aliphatic carbocycles. The van der Waals surface area contributed by atoms with E-state index < -0.39 is 12.0 Å². The molecule has 0 aliphatic rings. The number of carbonyl (C=O) groups excluding carboxylic acids is 1. The quantitative estimate of drug-likeness (QED) is 0.179. The molecule has 0 aromatic carbocycles. The maximum absolute atomic E-state index is 11.9. The number of aliphatic hydroxyl groups is 1. The number of unbranched alkanes of at least 4 members (excludes halogenated alkanes) is 11. The average molecular weight is 412 g/mol. The fraction of sp³-hybridized carbons (Fsp3) is 0.833. The minimum absolute atomic E-state index is 0.144. The van der Waals surface area contributed by atoms with Crippen molar-refractivity contribution in [3.63, 3.8) is 0 Å². The van der Waals surface area contributed by atoms with Crippen molar-refractivity contribution in [2.75, 3.05) is 6.61 Å². The first-order chi connectivity index (χ1) is 14.0. The van der Waals surface area contributed by atoms with Gasteiger partial charge in [0.15, 0.2) is 0 Å². The Morgan fingerprint density at radius 3 is 1.76 bits per heavy atom. The van der Waals surface area contributed by atoms with Gasteiger partial charge >= 0.3 is 5.97 Å². The summed E-state index contributed by atoms with van der Waals surface area (Å²) in [6, 6.07) is -0.763. The summed E-state index contributed by atoms with van der Waals surface area (Å²) in [5, 5.41) is 20.5. The molecule has 0 spiro atoms. The summed E-state index contributed by atoms with van der Waals surface area (Å²) in [5.74, 6) is -0.847. The molecule has 5 heteroatoms. The highest BCUT2D eigenvalue weighted by molar-refractivity contribution is 5.83. The number of amides is 1. The molecule has 1 amide bonds. The molecular formula is C24H45NO4. The molecule has 0 bridgehead atoms. The molecule has 0 unspecified atom stereocenters. The van der Waals surface area contributed by atoms with Crippen LogP contribution in [-0.4, -0.2) is 34.7 Å². The Morgan fingerprint density at radius 2 is 1.28 bits per heavy atom. The van der Waals surface area contributed by atoms with Crippen molar-refractivity contribution >= 4 is 11.9 Å². The van der Waals surface area contributed by atoms with Gasteiger partial charge in [0.1, 0.15) is 6.04 Å². The van der Waals surface area contributed by atoms with Crippen LogP contribution in [0.15, 0.2) is 12.2 Å². The van der Waals surface area contributed by atoms with Crippen LogP contribution in [0.1, 0.15) is 110 Å². The van der Waals surface area contributed by atoms with Crippen LogP contribution in [0.3, 0.4) is 0 Å². The van der Waals surface area contributed by atoms with Gasteiger partial charge in [0.05, 0.1) is 0 Å². The van der Waals surface area contributed by atoms with E-state index in [4.69, 9.17) is 10.2 Å². The van der Waals surface area contributed by atoms with Crippen LogP contribution in [-0.2, 0) is 9.59 Å². The molecule has 1 atom stereocenters. The second-order valence-corrected chi connectivity index (χ2v) is 8.50. The maximum atomic E-state index is 11.9. The Kier molecular flexibility index (Phi) is 19.0. The predicted molar refractivity (Wildman–Crippen MR) is 120 cm³/mol. The summed E-state index contributed by atoms with van der Waals surface area (Å²) in [6.45, 7) is 4.24. The molecular weight excluding hydrogens is 366 g/mol. The van der Waals surface area contributed by atoms with Crippen LogP contribution < -0.4 is 5.32 Å². The van der Waals surface area contributed by atoms with Crippen LogP contribution >= 0.6 is 0 Å². The van der Waals surface area contributed by atoms with Gasteiger partial charge in [-0.3, -0.25) is 4.79 Å². The zero-order valence-corrected chi connectivity index (χ0v) is 18.8. The van der Waals surface area contributed by atoms with Gasteiger partial charge < -0.3 is 15.5 Å². The van der Waals surface area contributed by atoms with Crippen LogP contribution in [0.5, 0.6) is 0 Å². The van der Waals surface area contributed by atoms with Gasteiger partial charge in [-0.25, -0.2) is 4.79 Å².